The molecule has 1 amide bonds. The molecular weight excluding hydrogens is 354 g/mol. The number of hydrogen-bond acceptors (Lipinski definition) is 5. The van der Waals surface area contributed by atoms with Gasteiger partial charge >= 0.3 is 0 Å². The molecule has 0 unspecified atom stereocenters. The van der Waals surface area contributed by atoms with E-state index in [0.29, 0.717) is 22.9 Å². The highest BCUT2D eigenvalue weighted by molar-refractivity contribution is 6.03. The van der Waals surface area contributed by atoms with Gasteiger partial charge in [0.1, 0.15) is 16.9 Å². The van der Waals surface area contributed by atoms with E-state index < -0.39 is 0 Å². The molecule has 0 saturated carbocycles. The first-order valence-electron chi connectivity index (χ1n) is 8.73. The first-order valence-corrected chi connectivity index (χ1v) is 8.73. The molecule has 5 rings (SSSR count). The highest BCUT2D eigenvalue weighted by Crippen LogP contribution is 2.25. The molecule has 0 spiro atoms. The fourth-order valence-electron chi connectivity index (χ4n) is 3.17. The van der Waals surface area contributed by atoms with Gasteiger partial charge in [0.15, 0.2) is 11.5 Å². The van der Waals surface area contributed by atoms with Crippen molar-refractivity contribution in [3.63, 3.8) is 0 Å². The van der Waals surface area contributed by atoms with Crippen molar-refractivity contribution in [2.45, 2.75) is 6.92 Å². The third kappa shape index (κ3) is 2.79. The summed E-state index contributed by atoms with van der Waals surface area (Å²) in [4.78, 5) is 25.4. The lowest BCUT2D eigenvalue weighted by atomic mass is 10.1. The summed E-state index contributed by atoms with van der Waals surface area (Å²) in [7, 11) is 0. The number of oxazole rings is 1. The predicted molar refractivity (Wildman–Crippen MR) is 105 cm³/mol. The third-order valence-electron chi connectivity index (χ3n) is 4.49. The minimum absolute atomic E-state index is 0.250. The van der Waals surface area contributed by atoms with Crippen molar-refractivity contribution in [3.05, 3.63) is 78.8 Å². The Balaban J connectivity index is 1.54. The summed E-state index contributed by atoms with van der Waals surface area (Å²) in [5.74, 6) is 0.381. The second kappa shape index (κ2) is 6.31. The fraction of sp³-hybridized carbons (Fsp3) is 0.0476. The van der Waals surface area contributed by atoms with Gasteiger partial charge in [-0.2, -0.15) is 0 Å². The Labute approximate surface area is 159 Å². The first-order chi connectivity index (χ1) is 13.7. The Kier molecular flexibility index (Phi) is 3.65. The number of fused-ring (bicyclic) bond motifs is 2. The zero-order valence-corrected chi connectivity index (χ0v) is 15.0. The van der Waals surface area contributed by atoms with Gasteiger partial charge in [-0.15, -0.1) is 0 Å². The van der Waals surface area contributed by atoms with Crippen molar-refractivity contribution in [3.8, 4) is 11.1 Å². The lowest BCUT2D eigenvalue weighted by Crippen LogP contribution is -2.14. The summed E-state index contributed by atoms with van der Waals surface area (Å²) in [5.41, 5.74) is 5.25. The van der Waals surface area contributed by atoms with Crippen molar-refractivity contribution >= 4 is 28.3 Å². The molecule has 1 aromatic carbocycles. The summed E-state index contributed by atoms with van der Waals surface area (Å²) in [6.45, 7) is 1.82. The Hall–Kier alpha value is -4.00. The Morgan fingerprint density at radius 3 is 2.86 bits per heavy atom. The van der Waals surface area contributed by atoms with Gasteiger partial charge in [-0.1, -0.05) is 6.07 Å². The Bertz CT molecular complexity index is 1320. The molecule has 0 aliphatic carbocycles. The number of amides is 1. The summed E-state index contributed by atoms with van der Waals surface area (Å²) < 4.78 is 7.32. The molecule has 0 bridgehead atoms. The van der Waals surface area contributed by atoms with E-state index >= 15 is 0 Å². The van der Waals surface area contributed by atoms with E-state index in [9.17, 15) is 4.79 Å². The Morgan fingerprint density at radius 2 is 2.00 bits per heavy atom. The number of nitrogens with one attached hydrogen (secondary N) is 1. The van der Waals surface area contributed by atoms with Gasteiger partial charge < -0.3 is 9.73 Å². The predicted octanol–water partition coefficient (Wildman–Crippen LogP) is 4.10. The SMILES string of the molecule is Cc1nc2cc(-c3ccc4ncc(C(=O)Nc5cccnc5)n4c3)ccc2o1. The molecule has 4 heterocycles. The number of carbonyl (C=O) groups excluding carboxylic acids is 1. The minimum atomic E-state index is -0.250. The van der Waals surface area contributed by atoms with Crippen LogP contribution in [0.2, 0.25) is 0 Å². The second-order valence-electron chi connectivity index (χ2n) is 6.40. The maximum Gasteiger partial charge on any atom is 0.274 e. The fourth-order valence-corrected chi connectivity index (χ4v) is 3.17. The molecule has 1 N–H and O–H groups in total. The number of anilines is 1. The monoisotopic (exact) mass is 369 g/mol. The van der Waals surface area contributed by atoms with Crippen molar-refractivity contribution in [2.75, 3.05) is 5.32 Å². The normalized spacial score (nSPS) is 11.2. The number of pyridine rings is 2. The molecule has 7 heteroatoms. The molecule has 0 radical (unpaired) electrons. The lowest BCUT2D eigenvalue weighted by molar-refractivity contribution is 0.102. The maximum atomic E-state index is 12.7. The zero-order chi connectivity index (χ0) is 19.1. The molecule has 5 aromatic rings. The summed E-state index contributed by atoms with van der Waals surface area (Å²) in [5, 5.41) is 2.84. The third-order valence-corrected chi connectivity index (χ3v) is 4.49. The molecule has 0 aliphatic rings. The first kappa shape index (κ1) is 16.2. The second-order valence-corrected chi connectivity index (χ2v) is 6.40. The largest absolute Gasteiger partial charge is 0.441 e. The molecule has 0 fully saturated rings. The van der Waals surface area contributed by atoms with Crippen LogP contribution in [0.15, 0.2) is 71.7 Å². The van der Waals surface area contributed by atoms with Crippen LogP contribution in [0.1, 0.15) is 16.4 Å². The molecule has 4 aromatic heterocycles. The van der Waals surface area contributed by atoms with Crippen LogP contribution in [-0.4, -0.2) is 25.3 Å². The number of benzene rings is 1. The number of carbonyl (C=O) groups is 1. The Morgan fingerprint density at radius 1 is 1.11 bits per heavy atom. The van der Waals surface area contributed by atoms with Crippen molar-refractivity contribution in [1.29, 1.82) is 0 Å². The van der Waals surface area contributed by atoms with E-state index in [-0.39, 0.29) is 5.91 Å². The van der Waals surface area contributed by atoms with Gasteiger partial charge in [-0.05, 0) is 47.5 Å². The summed E-state index contributed by atoms with van der Waals surface area (Å²) in [6.07, 6.45) is 6.72. The highest BCUT2D eigenvalue weighted by atomic mass is 16.3. The van der Waals surface area contributed by atoms with E-state index in [1.807, 2.05) is 43.5 Å². The molecule has 0 aliphatic heterocycles. The maximum absolute atomic E-state index is 12.7. The van der Waals surface area contributed by atoms with Gasteiger partial charge in [-0.25, -0.2) is 9.97 Å². The van der Waals surface area contributed by atoms with E-state index in [2.05, 4.69) is 20.3 Å². The number of aromatic nitrogens is 4. The van der Waals surface area contributed by atoms with Crippen LogP contribution >= 0.6 is 0 Å². The topological polar surface area (TPSA) is 85.3 Å². The quantitative estimate of drug-likeness (QED) is 0.517. The van der Waals surface area contributed by atoms with E-state index in [1.165, 1.54) is 0 Å². The zero-order valence-electron chi connectivity index (χ0n) is 15.0. The van der Waals surface area contributed by atoms with Gasteiger partial charge in [-0.3, -0.25) is 14.2 Å². The van der Waals surface area contributed by atoms with Crippen LogP contribution in [0.4, 0.5) is 5.69 Å². The number of rotatable bonds is 3. The molecule has 0 saturated heterocycles. The number of imidazole rings is 1. The highest BCUT2D eigenvalue weighted by Gasteiger charge is 2.14. The van der Waals surface area contributed by atoms with Gasteiger partial charge in [0.2, 0.25) is 0 Å². The van der Waals surface area contributed by atoms with Crippen molar-refractivity contribution < 1.29 is 9.21 Å². The lowest BCUT2D eigenvalue weighted by Gasteiger charge is -2.07. The molecular formula is C21H15N5O2. The minimum Gasteiger partial charge on any atom is -0.441 e. The van der Waals surface area contributed by atoms with E-state index in [4.69, 9.17) is 4.42 Å². The summed E-state index contributed by atoms with van der Waals surface area (Å²) >= 11 is 0. The molecule has 7 nitrogen and oxygen atoms in total. The number of nitrogens with zero attached hydrogens (tertiary/aromatic N) is 4. The van der Waals surface area contributed by atoms with Crippen LogP contribution in [0.3, 0.4) is 0 Å². The van der Waals surface area contributed by atoms with Crippen molar-refractivity contribution in [2.24, 2.45) is 0 Å². The number of aryl methyl sites for hydroxylation is 1. The van der Waals surface area contributed by atoms with Crippen LogP contribution < -0.4 is 5.32 Å². The smallest absolute Gasteiger partial charge is 0.274 e. The van der Waals surface area contributed by atoms with Crippen LogP contribution in [0.5, 0.6) is 0 Å². The van der Waals surface area contributed by atoms with Crippen LogP contribution in [0, 0.1) is 6.92 Å². The van der Waals surface area contributed by atoms with E-state index in [1.54, 1.807) is 35.1 Å². The van der Waals surface area contributed by atoms with Gasteiger partial charge in [0.05, 0.1) is 18.1 Å². The van der Waals surface area contributed by atoms with Crippen LogP contribution in [0.25, 0.3) is 27.9 Å². The van der Waals surface area contributed by atoms with E-state index in [0.717, 1.165) is 22.2 Å². The molecule has 136 valence electrons. The van der Waals surface area contributed by atoms with Crippen LogP contribution in [-0.2, 0) is 0 Å². The summed E-state index contributed by atoms with van der Waals surface area (Å²) in [6, 6.07) is 13.3. The average Bonchev–Trinajstić information content (AvgIpc) is 3.29. The number of hydrogen-bond donors (Lipinski definition) is 1. The van der Waals surface area contributed by atoms with Gasteiger partial charge in [0, 0.05) is 19.3 Å². The van der Waals surface area contributed by atoms with Crippen molar-refractivity contribution in [1.82, 2.24) is 19.4 Å². The van der Waals surface area contributed by atoms with Gasteiger partial charge in [0.25, 0.3) is 5.91 Å². The molecule has 0 atom stereocenters. The average molecular weight is 369 g/mol. The standard InChI is InChI=1S/C21H15N5O2/c1-13-24-17-9-14(4-6-19(17)28-13)15-5-7-20-23-11-18(26(20)12-15)21(27)25-16-3-2-8-22-10-16/h2-12H,1H3,(H,25,27). The molecule has 28 heavy (non-hydrogen) atoms.